The average Bonchev–Trinajstić information content (AvgIpc) is 2.26. The smallest absolute Gasteiger partial charge is 0.340 e. The Kier molecular flexibility index (Phi) is 4.12. The molecule has 16 heavy (non-hydrogen) atoms. The van der Waals surface area contributed by atoms with E-state index in [0.717, 1.165) is 12.3 Å². The van der Waals surface area contributed by atoms with Crippen LogP contribution in [0.15, 0.2) is 12.3 Å². The lowest BCUT2D eigenvalue weighted by Crippen LogP contribution is -2.32. The minimum atomic E-state index is -4.43. The summed E-state index contributed by atoms with van der Waals surface area (Å²) in [5.41, 5.74) is -0.925. The first kappa shape index (κ1) is 13.2. The predicted molar refractivity (Wildman–Crippen MR) is 58.7 cm³/mol. The molecule has 0 aromatic carbocycles. The lowest BCUT2D eigenvalue weighted by atomic mass is 10.3. The number of hydrogen-bond acceptors (Lipinski definition) is 3. The third-order valence-corrected chi connectivity index (χ3v) is 3.07. The molecule has 0 saturated heterocycles. The summed E-state index contributed by atoms with van der Waals surface area (Å²) in [5.74, 6) is 0.0711. The van der Waals surface area contributed by atoms with E-state index >= 15 is 0 Å². The molecule has 0 N–H and O–H groups in total. The van der Waals surface area contributed by atoms with Crippen molar-refractivity contribution < 1.29 is 13.2 Å². The average molecular weight is 298 g/mol. The van der Waals surface area contributed by atoms with Crippen LogP contribution in [0.5, 0.6) is 0 Å². The van der Waals surface area contributed by atoms with Crippen LogP contribution < -0.4 is 4.90 Å². The van der Waals surface area contributed by atoms with E-state index in [-0.39, 0.29) is 12.0 Å². The number of anilines is 1. The summed E-state index contributed by atoms with van der Waals surface area (Å²) in [7, 11) is 1.65. The standard InChI is InChI=1S/C9H11BrF3N3/c1-6(5-10)16(2)8-14-4-3-7(15-8)9(11,12)13/h3-4,6H,5H2,1-2H3. The van der Waals surface area contributed by atoms with Crippen molar-refractivity contribution in [2.24, 2.45) is 0 Å². The van der Waals surface area contributed by atoms with Gasteiger partial charge in [-0.2, -0.15) is 13.2 Å². The number of rotatable bonds is 3. The van der Waals surface area contributed by atoms with E-state index in [1.165, 1.54) is 0 Å². The summed E-state index contributed by atoms with van der Waals surface area (Å²) in [5, 5.41) is 0.628. The van der Waals surface area contributed by atoms with Gasteiger partial charge in [-0.3, -0.25) is 0 Å². The van der Waals surface area contributed by atoms with Crippen LogP contribution in [0, 0.1) is 0 Å². The van der Waals surface area contributed by atoms with Crippen LogP contribution in [0.4, 0.5) is 19.1 Å². The molecule has 1 unspecified atom stereocenters. The maximum absolute atomic E-state index is 12.4. The second kappa shape index (κ2) is 4.99. The van der Waals surface area contributed by atoms with Crippen LogP contribution in [0.2, 0.25) is 0 Å². The topological polar surface area (TPSA) is 29.0 Å². The van der Waals surface area contributed by atoms with Gasteiger partial charge in [-0.25, -0.2) is 9.97 Å². The fourth-order valence-electron chi connectivity index (χ4n) is 0.977. The van der Waals surface area contributed by atoms with Crippen molar-refractivity contribution in [1.82, 2.24) is 9.97 Å². The van der Waals surface area contributed by atoms with Gasteiger partial charge in [-0.1, -0.05) is 15.9 Å². The Labute approximate surface area is 99.8 Å². The van der Waals surface area contributed by atoms with Gasteiger partial charge in [0.2, 0.25) is 5.95 Å². The minimum absolute atomic E-state index is 0.0171. The molecular formula is C9H11BrF3N3. The molecule has 0 radical (unpaired) electrons. The predicted octanol–water partition coefficient (Wildman–Crippen LogP) is 2.72. The van der Waals surface area contributed by atoms with E-state index in [1.54, 1.807) is 11.9 Å². The number of alkyl halides is 4. The van der Waals surface area contributed by atoms with Gasteiger partial charge in [0, 0.05) is 24.6 Å². The molecule has 0 aliphatic heterocycles. The third-order valence-electron chi connectivity index (χ3n) is 2.13. The monoisotopic (exact) mass is 297 g/mol. The highest BCUT2D eigenvalue weighted by atomic mass is 79.9. The summed E-state index contributed by atoms with van der Waals surface area (Å²) in [6, 6.07) is 0.874. The quantitative estimate of drug-likeness (QED) is 0.803. The van der Waals surface area contributed by atoms with Crippen LogP contribution >= 0.6 is 15.9 Å². The van der Waals surface area contributed by atoms with Crippen LogP contribution in [-0.2, 0) is 6.18 Å². The minimum Gasteiger partial charge on any atom is -0.340 e. The van der Waals surface area contributed by atoms with E-state index < -0.39 is 11.9 Å². The zero-order valence-corrected chi connectivity index (χ0v) is 10.4. The first-order valence-corrected chi connectivity index (χ1v) is 5.67. The van der Waals surface area contributed by atoms with Crippen LogP contribution in [-0.4, -0.2) is 28.4 Å². The normalized spacial score (nSPS) is 13.6. The second-order valence-corrected chi connectivity index (χ2v) is 4.00. The number of halogens is 4. The maximum atomic E-state index is 12.4. The van der Waals surface area contributed by atoms with Crippen molar-refractivity contribution in [3.63, 3.8) is 0 Å². The van der Waals surface area contributed by atoms with Crippen LogP contribution in [0.3, 0.4) is 0 Å². The molecule has 0 amide bonds. The Morgan fingerprint density at radius 3 is 2.62 bits per heavy atom. The first-order valence-electron chi connectivity index (χ1n) is 4.55. The van der Waals surface area contributed by atoms with E-state index in [4.69, 9.17) is 0 Å². The molecule has 1 rings (SSSR count). The van der Waals surface area contributed by atoms with Crippen LogP contribution in [0.1, 0.15) is 12.6 Å². The summed E-state index contributed by atoms with van der Waals surface area (Å²) >= 11 is 3.25. The van der Waals surface area contributed by atoms with Gasteiger partial charge in [0.15, 0.2) is 0 Å². The Balaban J connectivity index is 2.99. The molecule has 0 aliphatic rings. The zero-order chi connectivity index (χ0) is 12.3. The SMILES string of the molecule is CC(CBr)N(C)c1nccc(C(F)(F)F)n1. The van der Waals surface area contributed by atoms with Crippen molar-refractivity contribution in [2.45, 2.75) is 19.1 Å². The van der Waals surface area contributed by atoms with Crippen molar-refractivity contribution in [3.05, 3.63) is 18.0 Å². The van der Waals surface area contributed by atoms with Gasteiger partial charge in [0.25, 0.3) is 0 Å². The van der Waals surface area contributed by atoms with Gasteiger partial charge >= 0.3 is 6.18 Å². The highest BCUT2D eigenvalue weighted by Gasteiger charge is 2.33. The first-order chi connectivity index (χ1) is 7.36. The third kappa shape index (κ3) is 3.07. The largest absolute Gasteiger partial charge is 0.433 e. The fourth-order valence-corrected chi connectivity index (χ4v) is 1.41. The van der Waals surface area contributed by atoms with Crippen molar-refractivity contribution in [1.29, 1.82) is 0 Å². The summed E-state index contributed by atoms with van der Waals surface area (Å²) in [6.07, 6.45) is -3.32. The van der Waals surface area contributed by atoms with Gasteiger partial charge < -0.3 is 4.90 Å². The maximum Gasteiger partial charge on any atom is 0.433 e. The molecule has 0 spiro atoms. The lowest BCUT2D eigenvalue weighted by molar-refractivity contribution is -0.141. The number of aromatic nitrogens is 2. The Morgan fingerprint density at radius 1 is 1.50 bits per heavy atom. The molecule has 0 fully saturated rings. The molecule has 3 nitrogen and oxygen atoms in total. The highest BCUT2D eigenvalue weighted by molar-refractivity contribution is 9.09. The van der Waals surface area contributed by atoms with Crippen molar-refractivity contribution in [3.8, 4) is 0 Å². The van der Waals surface area contributed by atoms with E-state index in [2.05, 4.69) is 25.9 Å². The molecule has 7 heteroatoms. The number of hydrogen-bond donors (Lipinski definition) is 0. The second-order valence-electron chi connectivity index (χ2n) is 3.35. The number of nitrogens with zero attached hydrogens (tertiary/aromatic N) is 3. The van der Waals surface area contributed by atoms with E-state index in [9.17, 15) is 13.2 Å². The zero-order valence-electron chi connectivity index (χ0n) is 8.79. The van der Waals surface area contributed by atoms with Gasteiger partial charge in [0.1, 0.15) is 5.69 Å². The van der Waals surface area contributed by atoms with Gasteiger partial charge in [-0.05, 0) is 13.0 Å². The van der Waals surface area contributed by atoms with E-state index in [0.29, 0.717) is 5.33 Å². The molecule has 0 saturated carbocycles. The summed E-state index contributed by atoms with van der Waals surface area (Å²) in [6.45, 7) is 1.86. The Morgan fingerprint density at radius 2 is 2.12 bits per heavy atom. The lowest BCUT2D eigenvalue weighted by Gasteiger charge is -2.23. The molecule has 0 aliphatic carbocycles. The molecule has 1 aromatic heterocycles. The van der Waals surface area contributed by atoms with Gasteiger partial charge in [-0.15, -0.1) is 0 Å². The van der Waals surface area contributed by atoms with Crippen LogP contribution in [0.25, 0.3) is 0 Å². The Bertz CT molecular complexity index is 356. The molecule has 1 aromatic rings. The summed E-state index contributed by atoms with van der Waals surface area (Å²) < 4.78 is 37.2. The molecule has 0 bridgehead atoms. The molecule has 1 heterocycles. The van der Waals surface area contributed by atoms with Crippen molar-refractivity contribution >= 4 is 21.9 Å². The fraction of sp³-hybridized carbons (Fsp3) is 0.556. The van der Waals surface area contributed by atoms with E-state index in [1.807, 2.05) is 6.92 Å². The van der Waals surface area contributed by atoms with Crippen molar-refractivity contribution in [2.75, 3.05) is 17.3 Å². The van der Waals surface area contributed by atoms with Gasteiger partial charge in [0.05, 0.1) is 0 Å². The molecule has 90 valence electrons. The molecule has 1 atom stereocenters. The summed E-state index contributed by atoms with van der Waals surface area (Å²) in [4.78, 5) is 8.89. The highest BCUT2D eigenvalue weighted by Crippen LogP contribution is 2.28. The molecular weight excluding hydrogens is 287 g/mol. The Hall–Kier alpha value is -0.850.